The van der Waals surface area contributed by atoms with E-state index in [0.29, 0.717) is 0 Å². The van der Waals surface area contributed by atoms with Gasteiger partial charge in [0.2, 0.25) is 0 Å². The summed E-state index contributed by atoms with van der Waals surface area (Å²) in [4.78, 5) is 4.98. The lowest BCUT2D eigenvalue weighted by Gasteiger charge is -2.10. The van der Waals surface area contributed by atoms with E-state index in [4.69, 9.17) is 9.40 Å². The number of pyridine rings is 1. The Kier molecular flexibility index (Phi) is 4.02. The van der Waals surface area contributed by atoms with Gasteiger partial charge in [0.1, 0.15) is 11.2 Å². The third-order valence-corrected chi connectivity index (χ3v) is 7.96. The molecular formula is C35H21N3O. The highest BCUT2D eigenvalue weighted by molar-refractivity contribution is 6.26. The van der Waals surface area contributed by atoms with Crippen LogP contribution in [-0.2, 0) is 0 Å². The van der Waals surface area contributed by atoms with Crippen LogP contribution in [0.2, 0.25) is 0 Å². The second-order valence-corrected chi connectivity index (χ2v) is 10.0. The zero-order valence-corrected chi connectivity index (χ0v) is 20.9. The Morgan fingerprint density at radius 2 is 1.13 bits per heavy atom. The van der Waals surface area contributed by atoms with Crippen molar-refractivity contribution >= 4 is 65.7 Å². The second-order valence-electron chi connectivity index (χ2n) is 10.0. The molecule has 0 unspecified atom stereocenters. The predicted molar refractivity (Wildman–Crippen MR) is 160 cm³/mol. The molecule has 9 aromatic rings. The van der Waals surface area contributed by atoms with E-state index in [1.54, 1.807) is 0 Å². The molecule has 4 aromatic heterocycles. The van der Waals surface area contributed by atoms with Gasteiger partial charge < -0.3 is 8.98 Å². The molecule has 0 saturated heterocycles. The lowest BCUT2D eigenvalue weighted by Crippen LogP contribution is -1.96. The smallest absolute Gasteiger partial charge is 0.154 e. The lowest BCUT2D eigenvalue weighted by molar-refractivity contribution is 0.667. The Hall–Kier alpha value is -5.35. The molecule has 39 heavy (non-hydrogen) atoms. The van der Waals surface area contributed by atoms with E-state index < -0.39 is 0 Å². The zero-order valence-electron chi connectivity index (χ0n) is 20.9. The van der Waals surface area contributed by atoms with Crippen LogP contribution >= 0.6 is 0 Å². The molecule has 0 aliphatic heterocycles. The average Bonchev–Trinajstić information content (AvgIpc) is 3.64. The molecule has 4 nitrogen and oxygen atoms in total. The molecule has 0 saturated carbocycles. The van der Waals surface area contributed by atoms with Crippen molar-refractivity contribution in [3.63, 3.8) is 0 Å². The largest absolute Gasteiger partial charge is 0.454 e. The SMILES string of the molecule is c1ccc(-n2c3ccccc3c3cc(-n4c5ccccc5c5c6c(cnc54)oc4ccccc46)ccc32)cc1. The zero-order chi connectivity index (χ0) is 25.5. The van der Waals surface area contributed by atoms with Gasteiger partial charge in [0.15, 0.2) is 5.58 Å². The molecule has 0 aliphatic carbocycles. The molecule has 0 fully saturated rings. The summed E-state index contributed by atoms with van der Waals surface area (Å²) in [5, 5.41) is 6.98. The standard InChI is InChI=1S/C35H21N3O/c1-2-10-22(11-3-1)37-28-15-7-4-12-24(28)27-20-23(18-19-30(27)37)38-29-16-8-5-13-25(29)34-33-26-14-6-9-17-31(26)39-32(33)21-36-35(34)38/h1-21H. The number of benzene rings is 5. The summed E-state index contributed by atoms with van der Waals surface area (Å²) in [7, 11) is 0. The Labute approximate surface area is 222 Å². The van der Waals surface area contributed by atoms with E-state index in [1.807, 2.05) is 18.3 Å². The van der Waals surface area contributed by atoms with Crippen molar-refractivity contribution < 1.29 is 4.42 Å². The minimum Gasteiger partial charge on any atom is -0.454 e. The summed E-state index contributed by atoms with van der Waals surface area (Å²) < 4.78 is 10.8. The monoisotopic (exact) mass is 499 g/mol. The maximum absolute atomic E-state index is 6.20. The van der Waals surface area contributed by atoms with Gasteiger partial charge in [-0.1, -0.05) is 72.8 Å². The Morgan fingerprint density at radius 3 is 1.97 bits per heavy atom. The summed E-state index contributed by atoms with van der Waals surface area (Å²) in [5.41, 5.74) is 8.38. The predicted octanol–water partition coefficient (Wildman–Crippen LogP) is 9.18. The molecule has 182 valence electrons. The first-order chi connectivity index (χ1) is 19.4. The number of rotatable bonds is 2. The molecule has 9 rings (SSSR count). The summed E-state index contributed by atoms with van der Waals surface area (Å²) >= 11 is 0. The van der Waals surface area contributed by atoms with Crippen LogP contribution in [0.1, 0.15) is 0 Å². The first kappa shape index (κ1) is 20.7. The van der Waals surface area contributed by atoms with Crippen LogP contribution in [0.15, 0.2) is 132 Å². The number of aromatic nitrogens is 3. The van der Waals surface area contributed by atoms with E-state index in [9.17, 15) is 0 Å². The molecule has 5 aromatic carbocycles. The van der Waals surface area contributed by atoms with Crippen molar-refractivity contribution in [3.05, 3.63) is 128 Å². The van der Waals surface area contributed by atoms with Gasteiger partial charge in [-0.05, 0) is 48.5 Å². The molecule has 0 spiro atoms. The minimum atomic E-state index is 0.813. The van der Waals surface area contributed by atoms with Crippen molar-refractivity contribution in [2.45, 2.75) is 0 Å². The number of furan rings is 1. The van der Waals surface area contributed by atoms with Gasteiger partial charge in [-0.15, -0.1) is 0 Å². The molecule has 0 aliphatic rings. The Balaban J connectivity index is 1.41. The van der Waals surface area contributed by atoms with E-state index >= 15 is 0 Å². The number of fused-ring (bicyclic) bond motifs is 10. The van der Waals surface area contributed by atoms with Crippen LogP contribution in [-0.4, -0.2) is 14.1 Å². The maximum Gasteiger partial charge on any atom is 0.154 e. The van der Waals surface area contributed by atoms with Gasteiger partial charge in [0.05, 0.1) is 22.7 Å². The molecule has 0 bridgehead atoms. The number of para-hydroxylation sites is 4. The molecule has 0 N–H and O–H groups in total. The van der Waals surface area contributed by atoms with Crippen LogP contribution in [0, 0.1) is 0 Å². The first-order valence-corrected chi connectivity index (χ1v) is 13.2. The van der Waals surface area contributed by atoms with Gasteiger partial charge in [-0.25, -0.2) is 4.98 Å². The van der Waals surface area contributed by atoms with E-state index in [1.165, 1.54) is 27.2 Å². The van der Waals surface area contributed by atoms with Crippen LogP contribution < -0.4 is 0 Å². The van der Waals surface area contributed by atoms with Gasteiger partial charge in [0, 0.05) is 43.7 Å². The van der Waals surface area contributed by atoms with Gasteiger partial charge in [0.25, 0.3) is 0 Å². The number of nitrogens with zero attached hydrogens (tertiary/aromatic N) is 3. The fraction of sp³-hybridized carbons (Fsp3) is 0. The second kappa shape index (κ2) is 7.59. The van der Waals surface area contributed by atoms with Crippen molar-refractivity contribution in [2.75, 3.05) is 0 Å². The van der Waals surface area contributed by atoms with Gasteiger partial charge in [-0.2, -0.15) is 0 Å². The van der Waals surface area contributed by atoms with E-state index in [0.717, 1.165) is 49.9 Å². The van der Waals surface area contributed by atoms with Crippen molar-refractivity contribution in [1.29, 1.82) is 0 Å². The summed E-state index contributed by atoms with van der Waals surface area (Å²) in [6.07, 6.45) is 1.87. The molecule has 0 amide bonds. The van der Waals surface area contributed by atoms with E-state index in [2.05, 4.69) is 118 Å². The average molecular weight is 500 g/mol. The van der Waals surface area contributed by atoms with Gasteiger partial charge >= 0.3 is 0 Å². The summed E-state index contributed by atoms with van der Waals surface area (Å²) in [6.45, 7) is 0. The van der Waals surface area contributed by atoms with Crippen LogP contribution in [0.4, 0.5) is 0 Å². The number of hydrogen-bond acceptors (Lipinski definition) is 2. The van der Waals surface area contributed by atoms with Crippen molar-refractivity contribution in [2.24, 2.45) is 0 Å². The third-order valence-electron chi connectivity index (χ3n) is 7.96. The maximum atomic E-state index is 6.20. The third kappa shape index (κ3) is 2.75. The van der Waals surface area contributed by atoms with Crippen molar-refractivity contribution in [1.82, 2.24) is 14.1 Å². The van der Waals surface area contributed by atoms with Gasteiger partial charge in [-0.3, -0.25) is 4.57 Å². The lowest BCUT2D eigenvalue weighted by atomic mass is 10.1. The fourth-order valence-corrected chi connectivity index (χ4v) is 6.34. The van der Waals surface area contributed by atoms with Crippen LogP contribution in [0.5, 0.6) is 0 Å². The molecule has 0 radical (unpaired) electrons. The number of hydrogen-bond donors (Lipinski definition) is 0. The molecule has 0 atom stereocenters. The highest BCUT2D eigenvalue weighted by atomic mass is 16.3. The van der Waals surface area contributed by atoms with Crippen LogP contribution in [0.25, 0.3) is 77.1 Å². The van der Waals surface area contributed by atoms with Crippen LogP contribution in [0.3, 0.4) is 0 Å². The summed E-state index contributed by atoms with van der Waals surface area (Å²) in [6, 6.07) is 42.8. The highest BCUT2D eigenvalue weighted by Crippen LogP contribution is 2.41. The van der Waals surface area contributed by atoms with E-state index in [-0.39, 0.29) is 0 Å². The Morgan fingerprint density at radius 1 is 0.462 bits per heavy atom. The Bertz CT molecular complexity index is 2390. The normalized spacial score (nSPS) is 12.1. The molecular weight excluding hydrogens is 478 g/mol. The topological polar surface area (TPSA) is 35.9 Å². The quantitative estimate of drug-likeness (QED) is 0.238. The highest BCUT2D eigenvalue weighted by Gasteiger charge is 2.20. The summed E-state index contributed by atoms with van der Waals surface area (Å²) in [5.74, 6) is 0. The first-order valence-electron chi connectivity index (χ1n) is 13.2. The molecule has 4 heterocycles. The fourth-order valence-electron chi connectivity index (χ4n) is 6.34. The molecule has 4 heteroatoms. The minimum absolute atomic E-state index is 0.813. The van der Waals surface area contributed by atoms with Crippen molar-refractivity contribution in [3.8, 4) is 11.4 Å².